The van der Waals surface area contributed by atoms with Crippen LogP contribution in [0.3, 0.4) is 0 Å². The average molecular weight is 662 g/mol. The Kier molecular flexibility index (Phi) is 9.70. The van der Waals surface area contributed by atoms with Crippen molar-refractivity contribution < 1.29 is 27.5 Å². The Hall–Kier alpha value is -2.98. The number of carbonyl (C=O) groups excluding carboxylic acids is 1. The zero-order valence-electron chi connectivity index (χ0n) is 24.3. The number of amides is 1. The van der Waals surface area contributed by atoms with Gasteiger partial charge in [0.15, 0.2) is 0 Å². The Balaban J connectivity index is 1.52. The van der Waals surface area contributed by atoms with E-state index in [0.29, 0.717) is 15.6 Å². The Labute approximate surface area is 267 Å². The van der Waals surface area contributed by atoms with Gasteiger partial charge in [0.2, 0.25) is 15.9 Å². The minimum atomic E-state index is -3.80. The molecule has 2 fully saturated rings. The van der Waals surface area contributed by atoms with Crippen molar-refractivity contribution in [2.45, 2.75) is 57.0 Å². The molecule has 0 radical (unpaired) electrons. The molecule has 1 saturated heterocycles. The first-order valence-electron chi connectivity index (χ1n) is 14.6. The number of nitrogens with one attached hydrogen (secondary N) is 1. The van der Waals surface area contributed by atoms with Gasteiger partial charge in [0, 0.05) is 28.5 Å². The van der Waals surface area contributed by atoms with Crippen molar-refractivity contribution >= 4 is 45.1 Å². The van der Waals surface area contributed by atoms with Crippen molar-refractivity contribution in [3.05, 3.63) is 105 Å². The van der Waals surface area contributed by atoms with E-state index in [1.165, 1.54) is 18.2 Å². The van der Waals surface area contributed by atoms with Crippen molar-refractivity contribution in [2.75, 3.05) is 12.3 Å². The molecule has 0 spiro atoms. The molecule has 2 aliphatic rings. The number of halogens is 3. The molecule has 11 heteroatoms. The molecule has 1 amide bonds. The molecule has 7 nitrogen and oxygen atoms in total. The summed E-state index contributed by atoms with van der Waals surface area (Å²) in [5.41, 5.74) is 0.990. The van der Waals surface area contributed by atoms with Crippen LogP contribution in [0.2, 0.25) is 10.0 Å². The molecule has 0 bridgehead atoms. The monoisotopic (exact) mass is 660 g/mol. The number of nitrogens with zero attached hydrogens (tertiary/aromatic N) is 1. The molecule has 44 heavy (non-hydrogen) atoms. The minimum absolute atomic E-state index is 0.0304. The van der Waals surface area contributed by atoms with Crippen LogP contribution in [0.4, 0.5) is 4.39 Å². The summed E-state index contributed by atoms with van der Waals surface area (Å²) in [6.45, 7) is 1.65. The number of carboxylic acids is 1. The van der Waals surface area contributed by atoms with E-state index >= 15 is 0 Å². The minimum Gasteiger partial charge on any atom is -0.481 e. The highest BCUT2D eigenvalue weighted by molar-refractivity contribution is 7.89. The normalized spacial score (nSPS) is 23.0. The van der Waals surface area contributed by atoms with Crippen LogP contribution in [0.15, 0.2) is 72.8 Å². The third-order valence-electron chi connectivity index (χ3n) is 8.72. The van der Waals surface area contributed by atoms with Crippen molar-refractivity contribution in [1.82, 2.24) is 9.62 Å². The van der Waals surface area contributed by atoms with Gasteiger partial charge in [0.05, 0.1) is 23.6 Å². The topological polar surface area (TPSA) is 104 Å². The fourth-order valence-corrected chi connectivity index (χ4v) is 7.85. The van der Waals surface area contributed by atoms with Crippen LogP contribution in [0.25, 0.3) is 0 Å². The summed E-state index contributed by atoms with van der Waals surface area (Å²) < 4.78 is 42.7. The maximum atomic E-state index is 14.5. The van der Waals surface area contributed by atoms with Crippen LogP contribution >= 0.6 is 23.2 Å². The maximum absolute atomic E-state index is 14.5. The van der Waals surface area contributed by atoms with Gasteiger partial charge in [-0.1, -0.05) is 66.5 Å². The van der Waals surface area contributed by atoms with E-state index in [0.717, 1.165) is 24.0 Å². The third kappa shape index (κ3) is 7.62. The largest absolute Gasteiger partial charge is 0.481 e. The van der Waals surface area contributed by atoms with Crippen molar-refractivity contribution in [1.29, 1.82) is 0 Å². The SMILES string of the molecule is C[C@]1(CC(=O)O)C[C@H](c2cccc(Cl)c2)[C@@H](c2ccc(Cl)cc2)N(C(CNS(=O)(=O)CCc2cccc(F)c2)C2CC2)C1=O. The third-order valence-corrected chi connectivity index (χ3v) is 10.6. The zero-order valence-corrected chi connectivity index (χ0v) is 26.6. The molecule has 1 heterocycles. The van der Waals surface area contributed by atoms with Crippen LogP contribution in [-0.4, -0.2) is 48.6 Å². The number of hydrogen-bond acceptors (Lipinski definition) is 4. The summed E-state index contributed by atoms with van der Waals surface area (Å²) in [6, 6.07) is 19.4. The lowest BCUT2D eigenvalue weighted by Gasteiger charge is -2.52. The molecule has 3 aromatic carbocycles. The fourth-order valence-electron chi connectivity index (χ4n) is 6.45. The molecule has 1 aliphatic heterocycles. The molecule has 234 valence electrons. The first-order chi connectivity index (χ1) is 20.8. The summed E-state index contributed by atoms with van der Waals surface area (Å²) in [6.07, 6.45) is 1.64. The molecular weight excluding hydrogens is 626 g/mol. The van der Waals surface area contributed by atoms with E-state index in [2.05, 4.69) is 4.72 Å². The second kappa shape index (κ2) is 13.2. The highest BCUT2D eigenvalue weighted by atomic mass is 35.5. The van der Waals surface area contributed by atoms with E-state index in [-0.39, 0.29) is 49.3 Å². The lowest BCUT2D eigenvalue weighted by Crippen LogP contribution is -2.59. The predicted octanol–water partition coefficient (Wildman–Crippen LogP) is 6.61. The highest BCUT2D eigenvalue weighted by Gasteiger charge is 2.54. The van der Waals surface area contributed by atoms with Gasteiger partial charge in [-0.05, 0) is 84.7 Å². The molecule has 1 aliphatic carbocycles. The van der Waals surface area contributed by atoms with Crippen LogP contribution < -0.4 is 4.72 Å². The number of likely N-dealkylation sites (tertiary alicyclic amines) is 1. The number of aliphatic carboxylic acids is 1. The van der Waals surface area contributed by atoms with Gasteiger partial charge < -0.3 is 10.0 Å². The summed E-state index contributed by atoms with van der Waals surface area (Å²) in [5, 5.41) is 10.9. The van der Waals surface area contributed by atoms with E-state index in [1.807, 2.05) is 30.3 Å². The number of hydrogen-bond donors (Lipinski definition) is 2. The second-order valence-electron chi connectivity index (χ2n) is 12.2. The Morgan fingerprint density at radius 3 is 2.39 bits per heavy atom. The summed E-state index contributed by atoms with van der Waals surface area (Å²) in [5.74, 6) is -2.39. The lowest BCUT2D eigenvalue weighted by molar-refractivity contribution is -0.161. The van der Waals surface area contributed by atoms with E-state index in [1.54, 1.807) is 36.1 Å². The average Bonchev–Trinajstić information content (AvgIpc) is 3.80. The predicted molar refractivity (Wildman–Crippen MR) is 169 cm³/mol. The van der Waals surface area contributed by atoms with Gasteiger partial charge in [-0.15, -0.1) is 0 Å². The Morgan fingerprint density at radius 1 is 1.05 bits per heavy atom. The standard InChI is InChI=1S/C33H35Cl2FN2O5S/c1-33(19-30(39)40)18-28(24-5-3-6-26(35)17-24)31(23-10-12-25(34)13-11-23)38(32(33)41)29(22-8-9-22)20-37-44(42,43)15-14-21-4-2-7-27(36)16-21/h2-7,10-13,16-17,22,28-29,31,37H,8-9,14-15,18-20H2,1H3,(H,39,40)/t28-,29?,31-,33-/m1/s1. The number of benzene rings is 3. The summed E-state index contributed by atoms with van der Waals surface area (Å²) >= 11 is 12.7. The molecule has 1 unspecified atom stereocenters. The van der Waals surface area contributed by atoms with Crippen LogP contribution in [0.5, 0.6) is 0 Å². The van der Waals surface area contributed by atoms with E-state index < -0.39 is 39.3 Å². The fraction of sp³-hybridized carbons (Fsp3) is 0.394. The summed E-state index contributed by atoms with van der Waals surface area (Å²) in [7, 11) is -3.80. The van der Waals surface area contributed by atoms with Gasteiger partial charge in [-0.3, -0.25) is 9.59 Å². The van der Waals surface area contributed by atoms with Crippen LogP contribution in [0, 0.1) is 17.2 Å². The molecule has 0 aromatic heterocycles. The molecule has 3 aromatic rings. The number of carboxylic acid groups (broad SMARTS) is 1. The van der Waals surface area contributed by atoms with Gasteiger partial charge in [-0.2, -0.15) is 0 Å². The van der Waals surface area contributed by atoms with Crippen molar-refractivity contribution in [3.63, 3.8) is 0 Å². The smallest absolute Gasteiger partial charge is 0.304 e. The van der Waals surface area contributed by atoms with Gasteiger partial charge in [0.1, 0.15) is 5.82 Å². The Bertz CT molecular complexity index is 1630. The van der Waals surface area contributed by atoms with Crippen molar-refractivity contribution in [2.24, 2.45) is 11.3 Å². The molecule has 2 N–H and O–H groups in total. The van der Waals surface area contributed by atoms with Crippen LogP contribution in [-0.2, 0) is 26.0 Å². The van der Waals surface area contributed by atoms with Gasteiger partial charge >= 0.3 is 5.97 Å². The number of rotatable bonds is 12. The zero-order chi connectivity index (χ0) is 31.6. The lowest BCUT2D eigenvalue weighted by atomic mass is 9.67. The Morgan fingerprint density at radius 2 is 1.75 bits per heavy atom. The van der Waals surface area contributed by atoms with Gasteiger partial charge in [-0.25, -0.2) is 17.5 Å². The summed E-state index contributed by atoms with van der Waals surface area (Å²) in [4.78, 5) is 28.3. The van der Waals surface area contributed by atoms with Gasteiger partial charge in [0.25, 0.3) is 0 Å². The molecule has 4 atom stereocenters. The quantitative estimate of drug-likeness (QED) is 0.228. The number of aryl methyl sites for hydroxylation is 1. The first kappa shape index (κ1) is 32.4. The highest BCUT2D eigenvalue weighted by Crippen LogP contribution is 2.54. The number of carbonyl (C=O) groups is 2. The maximum Gasteiger partial charge on any atom is 0.304 e. The van der Waals surface area contributed by atoms with Crippen molar-refractivity contribution in [3.8, 4) is 0 Å². The second-order valence-corrected chi connectivity index (χ2v) is 15.0. The number of sulfonamides is 1. The molecule has 5 rings (SSSR count). The van der Waals surface area contributed by atoms with E-state index in [4.69, 9.17) is 23.2 Å². The molecule has 1 saturated carbocycles. The van der Waals surface area contributed by atoms with Crippen LogP contribution in [0.1, 0.15) is 61.3 Å². The number of piperidine rings is 1. The van der Waals surface area contributed by atoms with E-state index in [9.17, 15) is 27.5 Å². The molecular formula is C33H35Cl2FN2O5S. The first-order valence-corrected chi connectivity index (χ1v) is 17.0.